The molecule has 0 N–H and O–H groups in total. The van der Waals surface area contributed by atoms with E-state index in [9.17, 15) is 0 Å². The number of hydrogen-bond acceptors (Lipinski definition) is 2. The molecule has 66 valence electrons. The van der Waals surface area contributed by atoms with Crippen LogP contribution < -0.4 is 0 Å². The maximum absolute atomic E-state index is 4.23. The van der Waals surface area contributed by atoms with Crippen LogP contribution in [0, 0.1) is 6.92 Å². The van der Waals surface area contributed by atoms with E-state index in [-0.39, 0.29) is 0 Å². The topological polar surface area (TPSA) is 25.8 Å². The molecule has 0 fully saturated rings. The van der Waals surface area contributed by atoms with Gasteiger partial charge in [0.1, 0.15) is 6.33 Å². The lowest BCUT2D eigenvalue weighted by atomic mass is 10.0. The van der Waals surface area contributed by atoms with E-state index in [1.165, 1.54) is 5.57 Å². The summed E-state index contributed by atoms with van der Waals surface area (Å²) in [4.78, 5) is 8.30. The molecule has 2 heteroatoms. The minimum Gasteiger partial charge on any atom is -0.242 e. The fourth-order valence-corrected chi connectivity index (χ4v) is 1.42. The first-order valence-electron chi connectivity index (χ1n) is 4.52. The Hall–Kier alpha value is -1.44. The summed E-state index contributed by atoms with van der Waals surface area (Å²) in [6.07, 6.45) is 10.4. The van der Waals surface area contributed by atoms with Gasteiger partial charge in [-0.15, -0.1) is 0 Å². The summed E-state index contributed by atoms with van der Waals surface area (Å²) < 4.78 is 0. The Balaban J connectivity index is 2.35. The summed E-state index contributed by atoms with van der Waals surface area (Å²) in [5.41, 5.74) is 3.27. The average Bonchev–Trinajstić information content (AvgIpc) is 2.19. The maximum atomic E-state index is 4.23. The molecule has 0 amide bonds. The van der Waals surface area contributed by atoms with Gasteiger partial charge < -0.3 is 0 Å². The van der Waals surface area contributed by atoms with Crippen molar-refractivity contribution in [3.05, 3.63) is 42.0 Å². The zero-order chi connectivity index (χ0) is 9.10. The average molecular weight is 172 g/mol. The van der Waals surface area contributed by atoms with Crippen molar-refractivity contribution in [1.82, 2.24) is 9.97 Å². The zero-order valence-corrected chi connectivity index (χ0v) is 7.70. The molecule has 1 aromatic rings. The van der Waals surface area contributed by atoms with Gasteiger partial charge in [0, 0.05) is 5.69 Å². The summed E-state index contributed by atoms with van der Waals surface area (Å²) in [6, 6.07) is 2.02. The third-order valence-corrected chi connectivity index (χ3v) is 2.09. The molecule has 2 nitrogen and oxygen atoms in total. The van der Waals surface area contributed by atoms with Gasteiger partial charge in [-0.1, -0.05) is 18.2 Å². The minimum absolute atomic E-state index is 1.02. The van der Waals surface area contributed by atoms with Crippen molar-refractivity contribution in [2.75, 3.05) is 0 Å². The van der Waals surface area contributed by atoms with Gasteiger partial charge in [-0.05, 0) is 31.4 Å². The van der Waals surface area contributed by atoms with E-state index in [0.717, 1.165) is 24.2 Å². The van der Waals surface area contributed by atoms with E-state index in [1.54, 1.807) is 6.33 Å². The SMILES string of the molecule is Cc1cc(C2=CCCC=C2)ncn1. The Kier molecular flexibility index (Phi) is 2.21. The van der Waals surface area contributed by atoms with Crippen LogP contribution in [-0.2, 0) is 0 Å². The van der Waals surface area contributed by atoms with Gasteiger partial charge in [-0.25, -0.2) is 9.97 Å². The van der Waals surface area contributed by atoms with Gasteiger partial charge in [0.25, 0.3) is 0 Å². The van der Waals surface area contributed by atoms with Gasteiger partial charge in [0.2, 0.25) is 0 Å². The summed E-state index contributed by atoms with van der Waals surface area (Å²) in [6.45, 7) is 1.98. The molecule has 0 aromatic carbocycles. The molecule has 1 heterocycles. The van der Waals surface area contributed by atoms with Gasteiger partial charge in [-0.3, -0.25) is 0 Å². The Labute approximate surface area is 78.0 Å². The number of aryl methyl sites for hydroxylation is 1. The van der Waals surface area contributed by atoms with Crippen molar-refractivity contribution < 1.29 is 0 Å². The van der Waals surface area contributed by atoms with Crippen LogP contribution in [0.1, 0.15) is 24.2 Å². The molecule has 1 aliphatic carbocycles. The van der Waals surface area contributed by atoms with Crippen molar-refractivity contribution in [3.8, 4) is 0 Å². The molecule has 0 saturated heterocycles. The molecule has 13 heavy (non-hydrogen) atoms. The van der Waals surface area contributed by atoms with E-state index in [1.807, 2.05) is 13.0 Å². The maximum Gasteiger partial charge on any atom is 0.116 e. The van der Waals surface area contributed by atoms with E-state index < -0.39 is 0 Å². The number of aromatic nitrogens is 2. The van der Waals surface area contributed by atoms with E-state index in [4.69, 9.17) is 0 Å². The summed E-state index contributed by atoms with van der Waals surface area (Å²) >= 11 is 0. The van der Waals surface area contributed by atoms with Crippen LogP contribution in [0.15, 0.2) is 30.6 Å². The Morgan fingerprint density at radius 1 is 1.23 bits per heavy atom. The first-order chi connectivity index (χ1) is 6.36. The summed E-state index contributed by atoms with van der Waals surface area (Å²) in [5.74, 6) is 0. The quantitative estimate of drug-likeness (QED) is 0.650. The fourth-order valence-electron chi connectivity index (χ4n) is 1.42. The zero-order valence-electron chi connectivity index (χ0n) is 7.70. The highest BCUT2D eigenvalue weighted by molar-refractivity contribution is 5.72. The first kappa shape index (κ1) is 8.17. The molecule has 1 aromatic heterocycles. The molecule has 0 aliphatic heterocycles. The van der Waals surface area contributed by atoms with Gasteiger partial charge >= 0.3 is 0 Å². The van der Waals surface area contributed by atoms with Crippen LogP contribution in [0.4, 0.5) is 0 Å². The second kappa shape index (κ2) is 3.52. The lowest BCUT2D eigenvalue weighted by Crippen LogP contribution is -1.92. The van der Waals surface area contributed by atoms with Crippen molar-refractivity contribution in [2.45, 2.75) is 19.8 Å². The molecule has 0 unspecified atom stereocenters. The minimum atomic E-state index is 1.02. The van der Waals surface area contributed by atoms with Crippen molar-refractivity contribution in [2.24, 2.45) is 0 Å². The highest BCUT2D eigenvalue weighted by Crippen LogP contribution is 2.19. The third-order valence-electron chi connectivity index (χ3n) is 2.09. The number of rotatable bonds is 1. The predicted molar refractivity (Wildman–Crippen MR) is 53.1 cm³/mol. The Morgan fingerprint density at radius 3 is 2.85 bits per heavy atom. The number of allylic oxidation sites excluding steroid dienone is 4. The number of nitrogens with zero attached hydrogens (tertiary/aromatic N) is 2. The summed E-state index contributed by atoms with van der Waals surface area (Å²) in [5, 5.41) is 0. The molecule has 0 atom stereocenters. The highest BCUT2D eigenvalue weighted by atomic mass is 14.8. The largest absolute Gasteiger partial charge is 0.242 e. The third kappa shape index (κ3) is 1.83. The predicted octanol–water partition coefficient (Wildman–Crippen LogP) is 2.52. The lowest BCUT2D eigenvalue weighted by molar-refractivity contribution is 1.03. The standard InChI is InChI=1S/C11H12N2/c1-9-7-11(13-8-12-9)10-5-3-2-4-6-10/h3,5-8H,2,4H2,1H3. The highest BCUT2D eigenvalue weighted by Gasteiger charge is 2.02. The van der Waals surface area contributed by atoms with Crippen LogP contribution in [-0.4, -0.2) is 9.97 Å². The molecular weight excluding hydrogens is 160 g/mol. The molecule has 0 radical (unpaired) electrons. The van der Waals surface area contributed by atoms with Crippen LogP contribution in [0.3, 0.4) is 0 Å². The molecule has 0 spiro atoms. The van der Waals surface area contributed by atoms with Crippen molar-refractivity contribution >= 4 is 5.57 Å². The van der Waals surface area contributed by atoms with Crippen LogP contribution in [0.25, 0.3) is 5.57 Å². The monoisotopic (exact) mass is 172 g/mol. The van der Waals surface area contributed by atoms with E-state index in [2.05, 4.69) is 28.2 Å². The van der Waals surface area contributed by atoms with Crippen LogP contribution >= 0.6 is 0 Å². The van der Waals surface area contributed by atoms with E-state index in [0.29, 0.717) is 0 Å². The van der Waals surface area contributed by atoms with Gasteiger partial charge in [0.15, 0.2) is 0 Å². The molecule has 2 rings (SSSR count). The second-order valence-corrected chi connectivity index (χ2v) is 3.18. The Morgan fingerprint density at radius 2 is 2.15 bits per heavy atom. The molecule has 1 aliphatic rings. The van der Waals surface area contributed by atoms with Gasteiger partial charge in [-0.2, -0.15) is 0 Å². The van der Waals surface area contributed by atoms with Crippen molar-refractivity contribution in [1.29, 1.82) is 0 Å². The fraction of sp³-hybridized carbons (Fsp3) is 0.273. The number of hydrogen-bond donors (Lipinski definition) is 0. The lowest BCUT2D eigenvalue weighted by Gasteiger charge is -2.05. The van der Waals surface area contributed by atoms with Gasteiger partial charge in [0.05, 0.1) is 5.69 Å². The second-order valence-electron chi connectivity index (χ2n) is 3.18. The smallest absolute Gasteiger partial charge is 0.116 e. The Bertz CT molecular complexity index is 364. The van der Waals surface area contributed by atoms with Crippen LogP contribution in [0.5, 0.6) is 0 Å². The van der Waals surface area contributed by atoms with Crippen LogP contribution in [0.2, 0.25) is 0 Å². The first-order valence-corrected chi connectivity index (χ1v) is 4.52. The summed E-state index contributed by atoms with van der Waals surface area (Å²) in [7, 11) is 0. The normalized spacial score (nSPS) is 15.6. The van der Waals surface area contributed by atoms with Crippen molar-refractivity contribution in [3.63, 3.8) is 0 Å². The van der Waals surface area contributed by atoms with E-state index >= 15 is 0 Å². The molecule has 0 saturated carbocycles. The molecular formula is C11H12N2. The molecule has 0 bridgehead atoms.